The van der Waals surface area contributed by atoms with Crippen LogP contribution in [0.3, 0.4) is 0 Å². The van der Waals surface area contributed by atoms with Crippen LogP contribution in [0.15, 0.2) is 78.9 Å². The fourth-order valence-corrected chi connectivity index (χ4v) is 2.75. The quantitative estimate of drug-likeness (QED) is 0.624. The minimum Gasteiger partial charge on any atom is -0.497 e. The lowest BCUT2D eigenvalue weighted by Crippen LogP contribution is -2.34. The van der Waals surface area contributed by atoms with Crippen LogP contribution in [0.2, 0.25) is 0 Å². The normalized spacial score (nSPS) is 10.0. The van der Waals surface area contributed by atoms with Crippen molar-refractivity contribution in [1.82, 2.24) is 0 Å². The molecule has 0 spiro atoms. The van der Waals surface area contributed by atoms with Gasteiger partial charge in [-0.25, -0.2) is 0 Å². The maximum atomic E-state index is 13.0. The van der Waals surface area contributed by atoms with Gasteiger partial charge in [-0.3, -0.25) is 4.79 Å². The van der Waals surface area contributed by atoms with E-state index >= 15 is 0 Å². The molecule has 5 nitrogen and oxygen atoms in total. The summed E-state index contributed by atoms with van der Waals surface area (Å²) < 4.78 is 10.8. The Morgan fingerprint density at radius 3 is 2.32 bits per heavy atom. The lowest BCUT2D eigenvalue weighted by atomic mass is 10.2. The van der Waals surface area contributed by atoms with Gasteiger partial charge in [0.25, 0.3) is 5.91 Å². The van der Waals surface area contributed by atoms with Gasteiger partial charge in [0, 0.05) is 5.69 Å². The van der Waals surface area contributed by atoms with Crippen molar-refractivity contribution >= 4 is 11.6 Å². The number of amides is 1. The third-order valence-electron chi connectivity index (χ3n) is 4.23. The lowest BCUT2D eigenvalue weighted by Gasteiger charge is -2.23. The molecule has 5 heteroatoms. The number of methoxy groups -OCH3 is 1. The number of benzene rings is 3. The summed E-state index contributed by atoms with van der Waals surface area (Å²) in [5.74, 6) is 0.907. The van der Waals surface area contributed by atoms with Crippen molar-refractivity contribution in [3.05, 3.63) is 90.0 Å². The molecule has 3 aromatic carbocycles. The topological polar surface area (TPSA) is 62.6 Å². The van der Waals surface area contributed by atoms with E-state index in [2.05, 4.69) is 6.07 Å². The largest absolute Gasteiger partial charge is 0.497 e. The van der Waals surface area contributed by atoms with Crippen molar-refractivity contribution < 1.29 is 14.3 Å². The number of hydrogen-bond donors (Lipinski definition) is 0. The molecule has 3 aromatic rings. The van der Waals surface area contributed by atoms with E-state index in [1.165, 1.54) is 0 Å². The fraction of sp³-hybridized carbons (Fsp3) is 0.130. The van der Waals surface area contributed by atoms with Gasteiger partial charge in [0.2, 0.25) is 0 Å². The van der Waals surface area contributed by atoms with E-state index in [4.69, 9.17) is 9.47 Å². The average Bonchev–Trinajstić information content (AvgIpc) is 2.77. The lowest BCUT2D eigenvalue weighted by molar-refractivity contribution is -0.120. The number of rotatable bonds is 7. The molecule has 0 heterocycles. The highest BCUT2D eigenvalue weighted by Crippen LogP contribution is 2.22. The predicted molar refractivity (Wildman–Crippen MR) is 107 cm³/mol. The fourth-order valence-electron chi connectivity index (χ4n) is 2.75. The predicted octanol–water partition coefficient (Wildman–Crippen LogP) is 4.18. The second kappa shape index (κ2) is 9.24. The van der Waals surface area contributed by atoms with Gasteiger partial charge >= 0.3 is 0 Å². The van der Waals surface area contributed by atoms with E-state index in [0.717, 1.165) is 17.0 Å². The average molecular weight is 372 g/mol. The number of anilines is 1. The monoisotopic (exact) mass is 372 g/mol. The molecular weight excluding hydrogens is 352 g/mol. The van der Waals surface area contributed by atoms with Crippen LogP contribution in [-0.4, -0.2) is 19.6 Å². The SMILES string of the molecule is COc1ccc(N(Cc2ccccc2)C(=O)COc2ccccc2C#N)cc1. The molecule has 140 valence electrons. The maximum Gasteiger partial charge on any atom is 0.265 e. The molecule has 0 bridgehead atoms. The summed E-state index contributed by atoms with van der Waals surface area (Å²) in [4.78, 5) is 14.6. The molecule has 0 aliphatic carbocycles. The summed E-state index contributed by atoms with van der Waals surface area (Å²) in [6, 6.07) is 26.0. The van der Waals surface area contributed by atoms with Crippen LogP contribution in [0.1, 0.15) is 11.1 Å². The van der Waals surface area contributed by atoms with E-state index in [-0.39, 0.29) is 12.5 Å². The van der Waals surface area contributed by atoms with Gasteiger partial charge in [0.1, 0.15) is 17.6 Å². The minimum absolute atomic E-state index is 0.169. The molecular formula is C23H20N2O3. The minimum atomic E-state index is -0.207. The molecule has 1 amide bonds. The Morgan fingerprint density at radius 1 is 0.964 bits per heavy atom. The molecule has 0 fully saturated rings. The van der Waals surface area contributed by atoms with Crippen LogP contribution in [0.4, 0.5) is 5.69 Å². The van der Waals surface area contributed by atoms with E-state index in [9.17, 15) is 10.1 Å². The highest BCUT2D eigenvalue weighted by molar-refractivity contribution is 5.94. The van der Waals surface area contributed by atoms with Crippen molar-refractivity contribution in [3.63, 3.8) is 0 Å². The zero-order valence-corrected chi connectivity index (χ0v) is 15.5. The van der Waals surface area contributed by atoms with Crippen molar-refractivity contribution in [2.24, 2.45) is 0 Å². The number of carbonyl (C=O) groups excluding carboxylic acids is 1. The number of nitriles is 1. The first-order chi connectivity index (χ1) is 13.7. The molecule has 0 saturated carbocycles. The van der Waals surface area contributed by atoms with E-state index in [1.807, 2.05) is 54.6 Å². The zero-order chi connectivity index (χ0) is 19.8. The van der Waals surface area contributed by atoms with Gasteiger partial charge in [-0.15, -0.1) is 0 Å². The molecule has 0 aromatic heterocycles. The van der Waals surface area contributed by atoms with E-state index in [0.29, 0.717) is 17.9 Å². The van der Waals surface area contributed by atoms with Crippen molar-refractivity contribution in [2.45, 2.75) is 6.54 Å². The number of hydrogen-bond acceptors (Lipinski definition) is 4. The van der Waals surface area contributed by atoms with Gasteiger partial charge in [0.05, 0.1) is 19.2 Å². The zero-order valence-electron chi connectivity index (χ0n) is 15.5. The van der Waals surface area contributed by atoms with Crippen molar-refractivity contribution in [3.8, 4) is 17.6 Å². The van der Waals surface area contributed by atoms with Crippen LogP contribution in [-0.2, 0) is 11.3 Å². The summed E-state index contributed by atoms with van der Waals surface area (Å²) in [7, 11) is 1.60. The number of ether oxygens (including phenoxy) is 2. The Morgan fingerprint density at radius 2 is 1.64 bits per heavy atom. The van der Waals surface area contributed by atoms with Crippen LogP contribution < -0.4 is 14.4 Å². The first-order valence-corrected chi connectivity index (χ1v) is 8.81. The third kappa shape index (κ3) is 4.68. The Bertz CT molecular complexity index is 963. The molecule has 0 aliphatic rings. The van der Waals surface area contributed by atoms with Gasteiger partial charge in [-0.2, -0.15) is 5.26 Å². The van der Waals surface area contributed by atoms with Gasteiger partial charge in [0.15, 0.2) is 6.61 Å². The highest BCUT2D eigenvalue weighted by Gasteiger charge is 2.18. The van der Waals surface area contributed by atoms with Crippen LogP contribution in [0, 0.1) is 11.3 Å². The molecule has 0 atom stereocenters. The van der Waals surface area contributed by atoms with E-state index < -0.39 is 0 Å². The molecule has 3 rings (SSSR count). The molecule has 0 saturated heterocycles. The van der Waals surface area contributed by atoms with Crippen LogP contribution in [0.25, 0.3) is 0 Å². The number of nitrogens with zero attached hydrogens (tertiary/aromatic N) is 2. The molecule has 0 N–H and O–H groups in total. The number of carbonyl (C=O) groups is 1. The Kier molecular flexibility index (Phi) is 6.27. The molecule has 0 aliphatic heterocycles. The Balaban J connectivity index is 1.80. The standard InChI is InChI=1S/C23H20N2O3/c1-27-21-13-11-20(12-14-21)25(16-18-7-3-2-4-8-18)23(26)17-28-22-10-6-5-9-19(22)15-24/h2-14H,16-17H2,1H3. The summed E-state index contributed by atoms with van der Waals surface area (Å²) in [5.41, 5.74) is 2.14. The Hall–Kier alpha value is -3.78. The third-order valence-corrected chi connectivity index (χ3v) is 4.23. The first kappa shape index (κ1) is 19.0. The summed E-state index contributed by atoms with van der Waals surface area (Å²) >= 11 is 0. The highest BCUT2D eigenvalue weighted by atomic mass is 16.5. The summed E-state index contributed by atoms with van der Waals surface area (Å²) in [6.07, 6.45) is 0. The smallest absolute Gasteiger partial charge is 0.265 e. The Labute approximate surface area is 164 Å². The molecule has 28 heavy (non-hydrogen) atoms. The first-order valence-electron chi connectivity index (χ1n) is 8.81. The van der Waals surface area contributed by atoms with Crippen molar-refractivity contribution in [2.75, 3.05) is 18.6 Å². The van der Waals surface area contributed by atoms with Gasteiger partial charge in [-0.05, 0) is 42.0 Å². The van der Waals surface area contributed by atoms with Crippen molar-refractivity contribution in [1.29, 1.82) is 5.26 Å². The van der Waals surface area contributed by atoms with E-state index in [1.54, 1.807) is 36.3 Å². The maximum absolute atomic E-state index is 13.0. The van der Waals surface area contributed by atoms with Crippen LogP contribution >= 0.6 is 0 Å². The molecule has 0 radical (unpaired) electrons. The number of para-hydroxylation sites is 1. The van der Waals surface area contributed by atoms with Crippen LogP contribution in [0.5, 0.6) is 11.5 Å². The second-order valence-corrected chi connectivity index (χ2v) is 6.06. The summed E-state index contributed by atoms with van der Waals surface area (Å²) in [6.45, 7) is 0.243. The summed E-state index contributed by atoms with van der Waals surface area (Å²) in [5, 5.41) is 9.18. The second-order valence-electron chi connectivity index (χ2n) is 6.06. The van der Waals surface area contributed by atoms with Gasteiger partial charge in [-0.1, -0.05) is 42.5 Å². The molecule has 0 unspecified atom stereocenters. The van der Waals surface area contributed by atoms with Gasteiger partial charge < -0.3 is 14.4 Å².